The fraction of sp³-hybridized carbons (Fsp3) is 0.125. The molecule has 0 radical (unpaired) electrons. The van der Waals surface area contributed by atoms with Crippen molar-refractivity contribution in [3.63, 3.8) is 0 Å². The van der Waals surface area contributed by atoms with E-state index >= 15 is 0 Å². The molecular formula is C16H15N3O3. The lowest BCUT2D eigenvalue weighted by Gasteiger charge is -2.18. The van der Waals surface area contributed by atoms with E-state index in [4.69, 9.17) is 9.47 Å². The molecule has 1 aliphatic heterocycles. The molecule has 2 N–H and O–H groups in total. The van der Waals surface area contributed by atoms with Crippen molar-refractivity contribution < 1.29 is 14.3 Å². The monoisotopic (exact) mass is 297 g/mol. The number of benzene rings is 2. The summed E-state index contributed by atoms with van der Waals surface area (Å²) >= 11 is 0. The first-order chi connectivity index (χ1) is 10.8. The average Bonchev–Trinajstić information content (AvgIpc) is 2.59. The number of carbonyl (C=O) groups excluding carboxylic acids is 1. The van der Waals surface area contributed by atoms with Gasteiger partial charge in [0.05, 0.1) is 7.11 Å². The Morgan fingerprint density at radius 2 is 1.95 bits per heavy atom. The number of hydrogen-bond donors (Lipinski definition) is 2. The maximum atomic E-state index is 12.0. The Kier molecular flexibility index (Phi) is 3.91. The van der Waals surface area contributed by atoms with Crippen LogP contribution in [0.5, 0.6) is 11.5 Å². The first-order valence-corrected chi connectivity index (χ1v) is 6.76. The van der Waals surface area contributed by atoms with E-state index in [-0.39, 0.29) is 12.5 Å². The summed E-state index contributed by atoms with van der Waals surface area (Å²) in [7, 11) is 1.58. The zero-order valence-corrected chi connectivity index (χ0v) is 12.0. The molecule has 6 nitrogen and oxygen atoms in total. The van der Waals surface area contributed by atoms with Crippen LogP contribution in [0, 0.1) is 0 Å². The van der Waals surface area contributed by atoms with E-state index in [0.717, 1.165) is 11.4 Å². The molecule has 3 rings (SSSR count). The lowest BCUT2D eigenvalue weighted by molar-refractivity contribution is 0.0943. The zero-order chi connectivity index (χ0) is 15.4. The summed E-state index contributed by atoms with van der Waals surface area (Å²) in [5.74, 6) is 1.71. The van der Waals surface area contributed by atoms with Crippen LogP contribution in [-0.4, -0.2) is 25.5 Å². The number of nitrogens with zero attached hydrogens (tertiary/aromatic N) is 1. The van der Waals surface area contributed by atoms with Gasteiger partial charge in [-0.2, -0.15) is 0 Å². The van der Waals surface area contributed by atoms with Crippen molar-refractivity contribution in [1.29, 1.82) is 0 Å². The molecular weight excluding hydrogens is 282 g/mol. The van der Waals surface area contributed by atoms with Crippen LogP contribution < -0.4 is 20.3 Å². The van der Waals surface area contributed by atoms with Gasteiger partial charge in [0.2, 0.25) is 0 Å². The maximum absolute atomic E-state index is 12.0. The van der Waals surface area contributed by atoms with Gasteiger partial charge in [0, 0.05) is 5.56 Å². The Morgan fingerprint density at radius 3 is 2.73 bits per heavy atom. The topological polar surface area (TPSA) is 72.0 Å². The Balaban J connectivity index is 1.63. The van der Waals surface area contributed by atoms with Crippen LogP contribution in [0.4, 0.5) is 5.69 Å². The van der Waals surface area contributed by atoms with Crippen molar-refractivity contribution in [3.05, 3.63) is 54.1 Å². The number of carbonyl (C=O) groups is 1. The lowest BCUT2D eigenvalue weighted by Crippen LogP contribution is -2.44. The van der Waals surface area contributed by atoms with Gasteiger partial charge >= 0.3 is 0 Å². The fourth-order valence-electron chi connectivity index (χ4n) is 2.00. The number of nitrogens with one attached hydrogen (secondary N) is 2. The molecule has 6 heteroatoms. The Morgan fingerprint density at radius 1 is 1.18 bits per heavy atom. The minimum absolute atomic E-state index is 0.260. The predicted molar refractivity (Wildman–Crippen MR) is 82.6 cm³/mol. The van der Waals surface area contributed by atoms with E-state index in [0.29, 0.717) is 17.1 Å². The second-order valence-electron chi connectivity index (χ2n) is 4.62. The van der Waals surface area contributed by atoms with Crippen LogP contribution in [0.1, 0.15) is 10.4 Å². The number of methoxy groups -OCH3 is 1. The van der Waals surface area contributed by atoms with E-state index in [9.17, 15) is 4.79 Å². The fourth-order valence-corrected chi connectivity index (χ4v) is 2.00. The van der Waals surface area contributed by atoms with Crippen LogP contribution in [0.3, 0.4) is 0 Å². The summed E-state index contributed by atoms with van der Waals surface area (Å²) in [5, 5.41) is 0. The van der Waals surface area contributed by atoms with Gasteiger partial charge in [-0.15, -0.1) is 0 Å². The number of para-hydroxylation sites is 2. The van der Waals surface area contributed by atoms with E-state index in [1.165, 1.54) is 0 Å². The van der Waals surface area contributed by atoms with Crippen molar-refractivity contribution in [2.45, 2.75) is 0 Å². The molecule has 0 aromatic heterocycles. The zero-order valence-electron chi connectivity index (χ0n) is 12.0. The molecule has 0 fully saturated rings. The van der Waals surface area contributed by atoms with Crippen molar-refractivity contribution in [2.75, 3.05) is 13.7 Å². The smallest absolute Gasteiger partial charge is 0.269 e. The number of aliphatic imine (C=N–C) groups is 1. The Hall–Kier alpha value is -3.02. The number of amidine groups is 1. The van der Waals surface area contributed by atoms with Crippen molar-refractivity contribution in [1.82, 2.24) is 10.9 Å². The normalized spacial score (nSPS) is 12.5. The van der Waals surface area contributed by atoms with Gasteiger partial charge in [-0.05, 0) is 36.4 Å². The van der Waals surface area contributed by atoms with Gasteiger partial charge in [0.15, 0.2) is 5.84 Å². The first-order valence-electron chi connectivity index (χ1n) is 6.76. The second kappa shape index (κ2) is 6.17. The highest BCUT2D eigenvalue weighted by atomic mass is 16.5. The van der Waals surface area contributed by atoms with Crippen molar-refractivity contribution in [2.24, 2.45) is 4.99 Å². The number of rotatable bonds is 2. The average molecular weight is 297 g/mol. The van der Waals surface area contributed by atoms with Gasteiger partial charge in [0.25, 0.3) is 5.91 Å². The summed E-state index contributed by atoms with van der Waals surface area (Å²) in [6, 6.07) is 14.3. The summed E-state index contributed by atoms with van der Waals surface area (Å²) in [5.41, 5.74) is 6.63. The molecule has 0 saturated carbocycles. The number of amides is 1. The molecule has 1 amide bonds. The molecule has 0 atom stereocenters. The van der Waals surface area contributed by atoms with E-state index in [2.05, 4.69) is 15.8 Å². The minimum atomic E-state index is -0.260. The van der Waals surface area contributed by atoms with E-state index in [1.54, 1.807) is 31.4 Å². The van der Waals surface area contributed by atoms with Gasteiger partial charge < -0.3 is 9.47 Å². The first kappa shape index (κ1) is 13.9. The quantitative estimate of drug-likeness (QED) is 0.832. The maximum Gasteiger partial charge on any atom is 0.269 e. The van der Waals surface area contributed by atoms with Crippen LogP contribution in [-0.2, 0) is 0 Å². The van der Waals surface area contributed by atoms with Gasteiger partial charge in [-0.25, -0.2) is 4.99 Å². The molecule has 0 bridgehead atoms. The van der Waals surface area contributed by atoms with Crippen molar-refractivity contribution in [3.8, 4) is 11.5 Å². The summed E-state index contributed by atoms with van der Waals surface area (Å²) in [6.45, 7) is 0.278. The molecule has 0 unspecified atom stereocenters. The predicted octanol–water partition coefficient (Wildman–Crippen LogP) is 2.05. The van der Waals surface area contributed by atoms with Gasteiger partial charge in [0.1, 0.15) is 23.8 Å². The minimum Gasteiger partial charge on any atom is -0.497 e. The van der Waals surface area contributed by atoms with Crippen molar-refractivity contribution >= 4 is 17.4 Å². The third kappa shape index (κ3) is 3.01. The standard InChI is InChI=1S/C16H15N3O3/c1-21-12-8-6-11(7-9-12)16(20)19-18-15-10-22-14-5-3-2-4-13(14)17-15/h2-9H,10H2,1H3,(H,17,18)(H,19,20). The molecule has 0 aliphatic carbocycles. The highest BCUT2D eigenvalue weighted by Crippen LogP contribution is 2.29. The van der Waals surface area contributed by atoms with Crippen LogP contribution >= 0.6 is 0 Å². The largest absolute Gasteiger partial charge is 0.497 e. The number of ether oxygens (including phenoxy) is 2. The van der Waals surface area contributed by atoms with Crippen LogP contribution in [0.15, 0.2) is 53.5 Å². The number of fused-ring (bicyclic) bond motifs is 1. The molecule has 1 heterocycles. The van der Waals surface area contributed by atoms with Gasteiger partial charge in [-0.1, -0.05) is 12.1 Å². The molecule has 1 aliphatic rings. The van der Waals surface area contributed by atoms with Gasteiger partial charge in [-0.3, -0.25) is 15.6 Å². The number of hydrogen-bond acceptors (Lipinski definition) is 5. The molecule has 2 aromatic rings. The molecule has 0 saturated heterocycles. The molecule has 112 valence electrons. The summed E-state index contributed by atoms with van der Waals surface area (Å²) in [6.07, 6.45) is 0. The Labute approximate surface area is 127 Å². The van der Waals surface area contributed by atoms with E-state index < -0.39 is 0 Å². The Bertz CT molecular complexity index is 711. The molecule has 2 aromatic carbocycles. The van der Waals surface area contributed by atoms with Crippen LogP contribution in [0.25, 0.3) is 0 Å². The number of hydrazine groups is 1. The van der Waals surface area contributed by atoms with E-state index in [1.807, 2.05) is 24.3 Å². The highest BCUT2D eigenvalue weighted by Gasteiger charge is 2.13. The SMILES string of the molecule is COc1ccc(C(=O)NNC2=Nc3ccccc3OC2)cc1. The second-order valence-corrected chi connectivity index (χ2v) is 4.62. The third-order valence-electron chi connectivity index (χ3n) is 3.16. The lowest BCUT2D eigenvalue weighted by atomic mass is 10.2. The highest BCUT2D eigenvalue weighted by molar-refractivity contribution is 5.97. The van der Waals surface area contributed by atoms with Crippen LogP contribution in [0.2, 0.25) is 0 Å². The third-order valence-corrected chi connectivity index (χ3v) is 3.16. The summed E-state index contributed by atoms with van der Waals surface area (Å²) in [4.78, 5) is 16.4. The molecule has 0 spiro atoms. The summed E-state index contributed by atoms with van der Waals surface area (Å²) < 4.78 is 10.6. The molecule has 22 heavy (non-hydrogen) atoms.